The summed E-state index contributed by atoms with van der Waals surface area (Å²) >= 11 is 0. The smallest absolute Gasteiger partial charge is 0.370 e. The largest absolute Gasteiger partial charge is 0.401 e. The van der Waals surface area contributed by atoms with E-state index < -0.39 is 55.3 Å². The van der Waals surface area contributed by atoms with Gasteiger partial charge in [0.15, 0.2) is 6.04 Å². The van der Waals surface area contributed by atoms with E-state index in [1.165, 1.54) is 0 Å². The van der Waals surface area contributed by atoms with Crippen molar-refractivity contribution < 1.29 is 45.5 Å². The van der Waals surface area contributed by atoms with Crippen molar-refractivity contribution in [3.63, 3.8) is 0 Å². The summed E-state index contributed by atoms with van der Waals surface area (Å²) in [4.78, 5) is 36.7. The average Bonchev–Trinajstić information content (AvgIpc) is 2.60. The Balaban J connectivity index is 2.22. The van der Waals surface area contributed by atoms with Crippen LogP contribution in [0.2, 0.25) is 0 Å². The lowest BCUT2D eigenvalue weighted by Crippen LogP contribution is -2.55. The highest BCUT2D eigenvalue weighted by Crippen LogP contribution is 2.25. The number of nitrogens with one attached hydrogen (secondary N) is 1. The lowest BCUT2D eigenvalue weighted by Gasteiger charge is -2.29. The molecule has 0 aromatic heterocycles. The number of alkyl halides is 5. The van der Waals surface area contributed by atoms with Gasteiger partial charge in [-0.1, -0.05) is 0 Å². The van der Waals surface area contributed by atoms with Gasteiger partial charge in [0.1, 0.15) is 12.4 Å². The average molecular weight is 456 g/mol. The summed E-state index contributed by atoms with van der Waals surface area (Å²) in [7, 11) is 0. The third-order valence-corrected chi connectivity index (χ3v) is 4.13. The van der Waals surface area contributed by atoms with Crippen molar-refractivity contribution in [2.24, 2.45) is 5.73 Å². The molecule has 1 fully saturated rings. The number of carbonyl (C=O) groups excluding carboxylic acids is 3. The number of amides is 3. The highest BCUT2D eigenvalue weighted by molar-refractivity contribution is 6.09. The predicted octanol–water partition coefficient (Wildman–Crippen LogP) is 1.11. The molecule has 8 nitrogen and oxygen atoms in total. The number of rotatable bonds is 8. The standard InChI is InChI=1S/C17H18F6N4O4/c18-10-5-9(1-2-11(10)27-3-4-31-7-13(27)28)25-16(30)14(15(24)29)26(6-12(19)20)8-17(21,22)23/h1-2,5,12,14H,3-4,6-8H2,(H2,24,29)(H,25,30)/t14-/m0/s1. The molecule has 1 heterocycles. The van der Waals surface area contributed by atoms with Crippen molar-refractivity contribution in [3.05, 3.63) is 24.0 Å². The first-order chi connectivity index (χ1) is 14.4. The SMILES string of the molecule is NC(=O)[C@@H](C(=O)Nc1ccc(N2CCOCC2=O)c(F)c1)N(CC(F)F)CC(F)(F)F. The van der Waals surface area contributed by atoms with Crippen LogP contribution in [0.3, 0.4) is 0 Å². The van der Waals surface area contributed by atoms with Crippen LogP contribution in [0.25, 0.3) is 0 Å². The zero-order valence-electron chi connectivity index (χ0n) is 15.8. The fourth-order valence-corrected chi connectivity index (χ4v) is 2.93. The minimum atomic E-state index is -5.00. The number of ether oxygens (including phenoxy) is 1. The van der Waals surface area contributed by atoms with E-state index in [1.54, 1.807) is 0 Å². The van der Waals surface area contributed by atoms with Gasteiger partial charge in [-0.25, -0.2) is 13.2 Å². The van der Waals surface area contributed by atoms with Crippen molar-refractivity contribution in [2.75, 3.05) is 43.1 Å². The number of nitrogens with zero attached hydrogens (tertiary/aromatic N) is 2. The van der Waals surface area contributed by atoms with Crippen molar-refractivity contribution in [2.45, 2.75) is 18.6 Å². The molecule has 1 aromatic carbocycles. The van der Waals surface area contributed by atoms with Crippen LogP contribution in [-0.4, -0.2) is 74.1 Å². The Morgan fingerprint density at radius 1 is 1.29 bits per heavy atom. The van der Waals surface area contributed by atoms with Crippen LogP contribution in [0.15, 0.2) is 18.2 Å². The van der Waals surface area contributed by atoms with Gasteiger partial charge in [-0.3, -0.25) is 19.3 Å². The maximum atomic E-state index is 14.4. The highest BCUT2D eigenvalue weighted by atomic mass is 19.4. The molecule has 31 heavy (non-hydrogen) atoms. The van der Waals surface area contributed by atoms with E-state index in [1.807, 2.05) is 5.32 Å². The molecule has 0 bridgehead atoms. The molecule has 2 rings (SSSR count). The van der Waals surface area contributed by atoms with Crippen LogP contribution >= 0.6 is 0 Å². The Kier molecular flexibility index (Phi) is 7.84. The first kappa shape index (κ1) is 24.4. The molecular weight excluding hydrogens is 438 g/mol. The van der Waals surface area contributed by atoms with Crippen LogP contribution in [0.5, 0.6) is 0 Å². The first-order valence-corrected chi connectivity index (χ1v) is 8.76. The van der Waals surface area contributed by atoms with E-state index in [9.17, 15) is 40.7 Å². The number of carbonyl (C=O) groups is 3. The van der Waals surface area contributed by atoms with Gasteiger partial charge in [0.25, 0.3) is 18.2 Å². The second-order valence-corrected chi connectivity index (χ2v) is 6.49. The lowest BCUT2D eigenvalue weighted by atomic mass is 10.2. The van der Waals surface area contributed by atoms with Crippen molar-refractivity contribution in [1.82, 2.24) is 4.90 Å². The zero-order valence-corrected chi connectivity index (χ0v) is 15.8. The summed E-state index contributed by atoms with van der Waals surface area (Å²) in [6.45, 7) is -3.55. The number of morpholine rings is 1. The highest BCUT2D eigenvalue weighted by Gasteiger charge is 2.40. The second-order valence-electron chi connectivity index (χ2n) is 6.49. The van der Waals surface area contributed by atoms with Crippen molar-refractivity contribution >= 4 is 29.1 Å². The molecule has 1 saturated heterocycles. The minimum Gasteiger partial charge on any atom is -0.370 e. The third kappa shape index (κ3) is 6.82. The van der Waals surface area contributed by atoms with Crippen LogP contribution in [0, 0.1) is 5.82 Å². The Labute approximate surface area is 171 Å². The van der Waals surface area contributed by atoms with Crippen LogP contribution in [0.1, 0.15) is 0 Å². The van der Waals surface area contributed by atoms with E-state index in [4.69, 9.17) is 10.5 Å². The molecule has 1 aromatic rings. The molecule has 3 amide bonds. The van der Waals surface area contributed by atoms with Gasteiger partial charge in [0.05, 0.1) is 25.4 Å². The van der Waals surface area contributed by atoms with Crippen LogP contribution in [0.4, 0.5) is 37.7 Å². The fraction of sp³-hybridized carbons (Fsp3) is 0.471. The van der Waals surface area contributed by atoms with Crippen LogP contribution in [-0.2, 0) is 19.1 Å². The lowest BCUT2D eigenvalue weighted by molar-refractivity contribution is -0.160. The number of primary amides is 1. The second kappa shape index (κ2) is 9.96. The van der Waals surface area contributed by atoms with Gasteiger partial charge in [0, 0.05) is 12.2 Å². The maximum absolute atomic E-state index is 14.4. The summed E-state index contributed by atoms with van der Waals surface area (Å²) in [5.41, 5.74) is 4.55. The van der Waals surface area contributed by atoms with Gasteiger partial charge >= 0.3 is 6.18 Å². The molecule has 1 aliphatic heterocycles. The quantitative estimate of drug-likeness (QED) is 0.451. The summed E-state index contributed by atoms with van der Waals surface area (Å²) in [5.74, 6) is -4.51. The van der Waals surface area contributed by atoms with E-state index in [-0.39, 0.29) is 36.0 Å². The predicted molar refractivity (Wildman–Crippen MR) is 94.8 cm³/mol. The molecule has 1 atom stereocenters. The number of nitrogens with two attached hydrogens (primary N) is 1. The monoisotopic (exact) mass is 456 g/mol. The Morgan fingerprint density at radius 3 is 2.48 bits per heavy atom. The van der Waals surface area contributed by atoms with E-state index in [0.717, 1.165) is 23.1 Å². The van der Waals surface area contributed by atoms with Gasteiger partial charge in [-0.05, 0) is 18.2 Å². The molecule has 3 N–H and O–H groups in total. The molecule has 0 unspecified atom stereocenters. The Hall–Kier alpha value is -2.87. The van der Waals surface area contributed by atoms with Crippen LogP contribution < -0.4 is 16.0 Å². The normalized spacial score (nSPS) is 16.0. The summed E-state index contributed by atoms with van der Waals surface area (Å²) in [6.07, 6.45) is -8.29. The van der Waals surface area contributed by atoms with E-state index in [0.29, 0.717) is 0 Å². The summed E-state index contributed by atoms with van der Waals surface area (Å²) in [6, 6.07) is 0.618. The number of halogens is 6. The molecule has 0 radical (unpaired) electrons. The summed E-state index contributed by atoms with van der Waals surface area (Å²) in [5, 5.41) is 1.98. The van der Waals surface area contributed by atoms with E-state index >= 15 is 0 Å². The van der Waals surface area contributed by atoms with Crippen molar-refractivity contribution in [3.8, 4) is 0 Å². The third-order valence-electron chi connectivity index (χ3n) is 4.13. The fourth-order valence-electron chi connectivity index (χ4n) is 2.93. The van der Waals surface area contributed by atoms with E-state index in [2.05, 4.69) is 0 Å². The van der Waals surface area contributed by atoms with Gasteiger partial charge in [-0.2, -0.15) is 13.2 Å². The zero-order chi connectivity index (χ0) is 23.3. The van der Waals surface area contributed by atoms with Gasteiger partial charge < -0.3 is 20.7 Å². The maximum Gasteiger partial charge on any atom is 0.401 e. The number of hydrogen-bond donors (Lipinski definition) is 2. The van der Waals surface area contributed by atoms with Gasteiger partial charge in [-0.15, -0.1) is 0 Å². The van der Waals surface area contributed by atoms with Gasteiger partial charge in [0.2, 0.25) is 5.91 Å². The Bertz CT molecular complexity index is 835. The van der Waals surface area contributed by atoms with Crippen molar-refractivity contribution in [1.29, 1.82) is 0 Å². The summed E-state index contributed by atoms with van der Waals surface area (Å²) < 4.78 is 82.9. The molecule has 172 valence electrons. The topological polar surface area (TPSA) is 105 Å². The molecule has 0 spiro atoms. The molecule has 0 aliphatic carbocycles. The molecule has 1 aliphatic rings. The number of hydrogen-bond acceptors (Lipinski definition) is 5. The molecule has 14 heteroatoms. The molecular formula is C17H18F6N4O4. The minimum absolute atomic E-state index is 0.0746. The first-order valence-electron chi connectivity index (χ1n) is 8.76. The number of anilines is 2. The Morgan fingerprint density at radius 2 is 1.97 bits per heavy atom. The molecule has 0 saturated carbocycles. The number of benzene rings is 1.